The Morgan fingerprint density at radius 1 is 1.30 bits per heavy atom. The summed E-state index contributed by atoms with van der Waals surface area (Å²) in [5.41, 5.74) is 1.13. The normalized spacial score (nSPS) is 17.4. The Morgan fingerprint density at radius 2 is 1.95 bits per heavy atom. The van der Waals surface area contributed by atoms with Gasteiger partial charge in [0.05, 0.1) is 19.0 Å². The van der Waals surface area contributed by atoms with Gasteiger partial charge >= 0.3 is 0 Å². The van der Waals surface area contributed by atoms with Gasteiger partial charge in [-0.25, -0.2) is 0 Å². The fraction of sp³-hybridized carbons (Fsp3) is 0.625. The molecule has 116 valence electrons. The van der Waals surface area contributed by atoms with Crippen LogP contribution >= 0.6 is 0 Å². The van der Waals surface area contributed by atoms with Crippen molar-refractivity contribution in [2.45, 2.75) is 46.1 Å². The van der Waals surface area contributed by atoms with E-state index in [1.54, 1.807) is 14.2 Å². The Bertz CT molecular complexity index is 344. The van der Waals surface area contributed by atoms with Crippen molar-refractivity contribution in [2.24, 2.45) is 0 Å². The van der Waals surface area contributed by atoms with Gasteiger partial charge < -0.3 is 18.9 Å². The van der Waals surface area contributed by atoms with E-state index in [4.69, 9.17) is 18.9 Å². The molecular formula is C16H28O4. The van der Waals surface area contributed by atoms with E-state index in [-0.39, 0.29) is 12.9 Å². The average Bonchev–Trinajstić information content (AvgIpc) is 2.91. The van der Waals surface area contributed by atoms with E-state index in [1.165, 1.54) is 0 Å². The molecule has 0 aliphatic carbocycles. The zero-order chi connectivity index (χ0) is 15.5. The van der Waals surface area contributed by atoms with E-state index in [2.05, 4.69) is 13.2 Å². The third-order valence-corrected chi connectivity index (χ3v) is 3.00. The first-order valence-electron chi connectivity index (χ1n) is 6.97. The fourth-order valence-corrected chi connectivity index (χ4v) is 1.80. The molecule has 1 fully saturated rings. The summed E-state index contributed by atoms with van der Waals surface area (Å²) in [6, 6.07) is 0. The molecule has 0 aromatic carbocycles. The van der Waals surface area contributed by atoms with Crippen LogP contribution < -0.4 is 0 Å². The number of allylic oxidation sites excluding steroid dienone is 1. The molecule has 1 heterocycles. The number of hydrogen-bond donors (Lipinski definition) is 0. The van der Waals surface area contributed by atoms with E-state index >= 15 is 0 Å². The van der Waals surface area contributed by atoms with Crippen molar-refractivity contribution in [2.75, 3.05) is 21.0 Å². The van der Waals surface area contributed by atoms with E-state index in [0.29, 0.717) is 12.2 Å². The van der Waals surface area contributed by atoms with E-state index < -0.39 is 0 Å². The third-order valence-electron chi connectivity index (χ3n) is 3.00. The molecule has 0 saturated carbocycles. The maximum absolute atomic E-state index is 5.40. The van der Waals surface area contributed by atoms with Gasteiger partial charge in [0.1, 0.15) is 0 Å². The second-order valence-electron chi connectivity index (χ2n) is 4.28. The van der Waals surface area contributed by atoms with Crippen molar-refractivity contribution >= 4 is 0 Å². The topological polar surface area (TPSA) is 36.9 Å². The van der Waals surface area contributed by atoms with Gasteiger partial charge in [-0.05, 0) is 25.3 Å². The lowest BCUT2D eigenvalue weighted by atomic mass is 10.0. The average molecular weight is 284 g/mol. The van der Waals surface area contributed by atoms with Crippen LogP contribution in [0.3, 0.4) is 0 Å². The lowest BCUT2D eigenvalue weighted by molar-refractivity contribution is 0.0812. The lowest BCUT2D eigenvalue weighted by Crippen LogP contribution is -2.12. The number of ether oxygens (including phenoxy) is 4. The Labute approximate surface area is 123 Å². The predicted molar refractivity (Wildman–Crippen MR) is 81.0 cm³/mol. The van der Waals surface area contributed by atoms with Crippen molar-refractivity contribution in [1.82, 2.24) is 0 Å². The van der Waals surface area contributed by atoms with Crippen molar-refractivity contribution in [3.05, 3.63) is 36.0 Å². The summed E-state index contributed by atoms with van der Waals surface area (Å²) in [6.07, 6.45) is 2.55. The molecule has 1 saturated heterocycles. The molecule has 1 atom stereocenters. The van der Waals surface area contributed by atoms with Crippen LogP contribution in [0.15, 0.2) is 36.0 Å². The SMILES string of the molecule is C=C(CC(CC/C(C)=C1\OCOC1=C)OC)OC.CC. The minimum Gasteiger partial charge on any atom is -0.502 e. The van der Waals surface area contributed by atoms with Gasteiger partial charge in [-0.3, -0.25) is 0 Å². The van der Waals surface area contributed by atoms with Gasteiger partial charge in [-0.15, -0.1) is 0 Å². The molecule has 1 aliphatic rings. The standard InChI is InChI=1S/C14H22O4.C2H6/c1-10(14-12(3)17-9-18-14)6-7-13(16-5)8-11(2)15-4;1-2/h13H,2-3,6-9H2,1,4-5H3;1-2H3/b14-10-;. The molecule has 0 aromatic heterocycles. The van der Waals surface area contributed by atoms with Gasteiger partial charge in [-0.1, -0.05) is 27.0 Å². The molecular weight excluding hydrogens is 256 g/mol. The van der Waals surface area contributed by atoms with Crippen LogP contribution in [0.5, 0.6) is 0 Å². The smallest absolute Gasteiger partial charge is 0.231 e. The highest BCUT2D eigenvalue weighted by molar-refractivity contribution is 5.24. The van der Waals surface area contributed by atoms with Gasteiger partial charge in [0, 0.05) is 13.5 Å². The van der Waals surface area contributed by atoms with E-state index in [0.717, 1.165) is 29.9 Å². The Hall–Kier alpha value is -1.42. The summed E-state index contributed by atoms with van der Waals surface area (Å²) in [4.78, 5) is 0. The first kappa shape index (κ1) is 18.6. The van der Waals surface area contributed by atoms with Crippen LogP contribution in [0.25, 0.3) is 0 Å². The van der Waals surface area contributed by atoms with Crippen LogP contribution in [0, 0.1) is 0 Å². The Kier molecular flexibility index (Phi) is 9.64. The molecule has 1 unspecified atom stereocenters. The van der Waals surface area contributed by atoms with E-state index in [1.807, 2.05) is 20.8 Å². The number of methoxy groups -OCH3 is 2. The fourth-order valence-electron chi connectivity index (χ4n) is 1.80. The molecule has 0 spiro atoms. The molecule has 20 heavy (non-hydrogen) atoms. The molecule has 0 N–H and O–H groups in total. The first-order chi connectivity index (χ1) is 9.58. The van der Waals surface area contributed by atoms with Crippen LogP contribution in [-0.4, -0.2) is 27.1 Å². The summed E-state index contributed by atoms with van der Waals surface area (Å²) in [6.45, 7) is 13.9. The summed E-state index contributed by atoms with van der Waals surface area (Å²) in [7, 11) is 3.32. The minimum atomic E-state index is 0.101. The minimum absolute atomic E-state index is 0.101. The quantitative estimate of drug-likeness (QED) is 0.658. The van der Waals surface area contributed by atoms with Crippen molar-refractivity contribution in [3.8, 4) is 0 Å². The van der Waals surface area contributed by atoms with Crippen molar-refractivity contribution in [3.63, 3.8) is 0 Å². The maximum Gasteiger partial charge on any atom is 0.231 e. The molecule has 0 amide bonds. The summed E-state index contributed by atoms with van der Waals surface area (Å²) in [5.74, 6) is 2.12. The van der Waals surface area contributed by atoms with Crippen molar-refractivity contribution < 1.29 is 18.9 Å². The monoisotopic (exact) mass is 284 g/mol. The predicted octanol–water partition coefficient (Wildman–Crippen LogP) is 4.15. The second kappa shape index (κ2) is 10.4. The van der Waals surface area contributed by atoms with E-state index in [9.17, 15) is 0 Å². The second-order valence-corrected chi connectivity index (χ2v) is 4.28. The Balaban J connectivity index is 0.00000172. The Morgan fingerprint density at radius 3 is 2.40 bits per heavy atom. The van der Waals surface area contributed by atoms with Crippen LogP contribution in [0.1, 0.15) is 40.0 Å². The van der Waals surface area contributed by atoms with Crippen LogP contribution in [0.2, 0.25) is 0 Å². The molecule has 1 aliphatic heterocycles. The van der Waals surface area contributed by atoms with Crippen LogP contribution in [-0.2, 0) is 18.9 Å². The molecule has 1 rings (SSSR count). The summed E-state index contributed by atoms with van der Waals surface area (Å²) in [5, 5.41) is 0. The van der Waals surface area contributed by atoms with Gasteiger partial charge in [0.15, 0.2) is 11.5 Å². The summed E-state index contributed by atoms with van der Waals surface area (Å²) >= 11 is 0. The summed E-state index contributed by atoms with van der Waals surface area (Å²) < 4.78 is 21.0. The molecule has 0 aromatic rings. The van der Waals surface area contributed by atoms with Crippen LogP contribution in [0.4, 0.5) is 0 Å². The third kappa shape index (κ3) is 6.15. The zero-order valence-electron chi connectivity index (χ0n) is 13.5. The largest absolute Gasteiger partial charge is 0.502 e. The van der Waals surface area contributed by atoms with Gasteiger partial charge in [0.25, 0.3) is 0 Å². The zero-order valence-corrected chi connectivity index (χ0v) is 13.5. The highest BCUT2D eigenvalue weighted by atomic mass is 16.7. The molecule has 0 bridgehead atoms. The number of rotatable bonds is 7. The van der Waals surface area contributed by atoms with Gasteiger partial charge in [-0.2, -0.15) is 0 Å². The first-order valence-corrected chi connectivity index (χ1v) is 6.97. The van der Waals surface area contributed by atoms with Gasteiger partial charge in [0.2, 0.25) is 6.79 Å². The highest BCUT2D eigenvalue weighted by Crippen LogP contribution is 2.26. The van der Waals surface area contributed by atoms with Crippen molar-refractivity contribution in [1.29, 1.82) is 0 Å². The number of hydrogen-bond acceptors (Lipinski definition) is 4. The molecule has 0 radical (unpaired) electrons. The molecule has 4 nitrogen and oxygen atoms in total. The maximum atomic E-state index is 5.40. The highest BCUT2D eigenvalue weighted by Gasteiger charge is 2.18. The lowest BCUT2D eigenvalue weighted by Gasteiger charge is -2.16. The molecule has 4 heteroatoms.